The van der Waals surface area contributed by atoms with Crippen LogP contribution in [0.25, 0.3) is 0 Å². The zero-order chi connectivity index (χ0) is 22.3. The summed E-state index contributed by atoms with van der Waals surface area (Å²) in [6, 6.07) is 17.2. The standard InChI is InChI=1S/C26H38N4O2/c1-29(17-21-11-13-30(14-12-21)18-20-7-5-4-6-8-20)19-22-16-27-28-26(22)24-10-9-23(31-2)15-25(24)32-3/h4-10,15,21-22,26-28H,11-14,16-19H2,1-3H3. The Hall–Kier alpha value is -2.12. The van der Waals surface area contributed by atoms with Crippen LogP contribution in [0, 0.1) is 11.8 Å². The molecule has 174 valence electrons. The molecule has 2 N–H and O–H groups in total. The summed E-state index contributed by atoms with van der Waals surface area (Å²) in [7, 11) is 5.69. The van der Waals surface area contributed by atoms with Crippen molar-refractivity contribution >= 4 is 0 Å². The molecular weight excluding hydrogens is 400 g/mol. The van der Waals surface area contributed by atoms with Gasteiger partial charge < -0.3 is 14.4 Å². The van der Waals surface area contributed by atoms with Crippen LogP contribution in [0.1, 0.15) is 30.0 Å². The molecule has 2 atom stereocenters. The predicted octanol–water partition coefficient (Wildman–Crippen LogP) is 3.31. The Labute approximate surface area is 192 Å². The minimum atomic E-state index is 0.228. The van der Waals surface area contributed by atoms with Gasteiger partial charge in [0.25, 0.3) is 0 Å². The second-order valence-electron chi connectivity index (χ2n) is 9.30. The Morgan fingerprint density at radius 2 is 1.78 bits per heavy atom. The van der Waals surface area contributed by atoms with Gasteiger partial charge in [0, 0.05) is 43.7 Å². The SMILES string of the molecule is COc1ccc(C2NNCC2CN(C)CC2CCN(Cc3ccccc3)CC2)c(OC)c1. The lowest BCUT2D eigenvalue weighted by Crippen LogP contribution is -2.39. The van der Waals surface area contributed by atoms with Gasteiger partial charge in [0.05, 0.1) is 20.3 Å². The predicted molar refractivity (Wildman–Crippen MR) is 129 cm³/mol. The Morgan fingerprint density at radius 1 is 1.00 bits per heavy atom. The highest BCUT2D eigenvalue weighted by Gasteiger charge is 2.32. The molecule has 6 heteroatoms. The maximum Gasteiger partial charge on any atom is 0.127 e. The smallest absolute Gasteiger partial charge is 0.127 e. The third-order valence-corrected chi connectivity index (χ3v) is 6.94. The molecule has 2 aliphatic rings. The largest absolute Gasteiger partial charge is 0.497 e. The number of benzene rings is 2. The van der Waals surface area contributed by atoms with Crippen LogP contribution < -0.4 is 20.3 Å². The molecule has 0 aliphatic carbocycles. The van der Waals surface area contributed by atoms with Crippen molar-refractivity contribution in [1.29, 1.82) is 0 Å². The number of likely N-dealkylation sites (tertiary alicyclic amines) is 1. The number of piperidine rings is 1. The topological polar surface area (TPSA) is 49.0 Å². The van der Waals surface area contributed by atoms with Crippen LogP contribution in [0.2, 0.25) is 0 Å². The van der Waals surface area contributed by atoms with Gasteiger partial charge in [-0.15, -0.1) is 0 Å². The Balaban J connectivity index is 1.27. The number of hydrogen-bond donors (Lipinski definition) is 2. The number of nitrogens with zero attached hydrogens (tertiary/aromatic N) is 2. The summed E-state index contributed by atoms with van der Waals surface area (Å²) < 4.78 is 11.0. The molecule has 6 nitrogen and oxygen atoms in total. The summed E-state index contributed by atoms with van der Waals surface area (Å²) in [4.78, 5) is 5.13. The van der Waals surface area contributed by atoms with Crippen LogP contribution >= 0.6 is 0 Å². The first kappa shape index (κ1) is 23.1. The monoisotopic (exact) mass is 438 g/mol. The van der Waals surface area contributed by atoms with Crippen LogP contribution in [0.4, 0.5) is 0 Å². The molecule has 4 rings (SSSR count). The van der Waals surface area contributed by atoms with Crippen molar-refractivity contribution in [3.8, 4) is 11.5 Å². The van der Waals surface area contributed by atoms with Gasteiger partial charge in [-0.1, -0.05) is 36.4 Å². The lowest BCUT2D eigenvalue weighted by Gasteiger charge is -2.35. The summed E-state index contributed by atoms with van der Waals surface area (Å²) in [5, 5.41) is 0. The highest BCUT2D eigenvalue weighted by molar-refractivity contribution is 5.43. The molecule has 2 heterocycles. The summed E-state index contributed by atoms with van der Waals surface area (Å²) in [6.45, 7) is 6.66. The van der Waals surface area contributed by atoms with Gasteiger partial charge in [-0.05, 0) is 50.5 Å². The molecular formula is C26H38N4O2. The van der Waals surface area contributed by atoms with E-state index in [0.717, 1.165) is 37.1 Å². The van der Waals surface area contributed by atoms with Crippen molar-refractivity contribution in [1.82, 2.24) is 20.7 Å². The van der Waals surface area contributed by atoms with E-state index in [-0.39, 0.29) is 6.04 Å². The van der Waals surface area contributed by atoms with Crippen LogP contribution in [-0.4, -0.2) is 63.8 Å². The number of methoxy groups -OCH3 is 2. The molecule has 32 heavy (non-hydrogen) atoms. The lowest BCUT2D eigenvalue weighted by molar-refractivity contribution is 0.141. The average molecular weight is 439 g/mol. The fourth-order valence-electron chi connectivity index (χ4n) is 5.20. The molecule has 2 saturated heterocycles. The van der Waals surface area contributed by atoms with Crippen molar-refractivity contribution in [2.24, 2.45) is 11.8 Å². The Bertz CT molecular complexity index is 839. The third kappa shape index (κ3) is 5.81. The van der Waals surface area contributed by atoms with E-state index in [4.69, 9.17) is 9.47 Å². The van der Waals surface area contributed by atoms with Gasteiger partial charge in [-0.25, -0.2) is 5.43 Å². The summed E-state index contributed by atoms with van der Waals surface area (Å²) in [5.74, 6) is 2.97. The third-order valence-electron chi connectivity index (χ3n) is 6.94. The highest BCUT2D eigenvalue weighted by Crippen LogP contribution is 2.35. The molecule has 2 fully saturated rings. The highest BCUT2D eigenvalue weighted by atomic mass is 16.5. The van der Waals surface area contributed by atoms with Gasteiger partial charge >= 0.3 is 0 Å². The van der Waals surface area contributed by atoms with Crippen LogP contribution in [-0.2, 0) is 6.54 Å². The quantitative estimate of drug-likeness (QED) is 0.627. The van der Waals surface area contributed by atoms with E-state index in [1.54, 1.807) is 14.2 Å². The van der Waals surface area contributed by atoms with Crippen LogP contribution in [0.15, 0.2) is 48.5 Å². The molecule has 0 saturated carbocycles. The molecule has 2 aromatic rings. The van der Waals surface area contributed by atoms with Crippen molar-refractivity contribution < 1.29 is 9.47 Å². The molecule has 0 bridgehead atoms. The van der Waals surface area contributed by atoms with Gasteiger partial charge in [0.2, 0.25) is 0 Å². The van der Waals surface area contributed by atoms with Crippen LogP contribution in [0.3, 0.4) is 0 Å². The molecule has 2 aromatic carbocycles. The summed E-state index contributed by atoms with van der Waals surface area (Å²) >= 11 is 0. The molecule has 0 radical (unpaired) electrons. The number of rotatable bonds is 9. The fraction of sp³-hybridized carbons (Fsp3) is 0.538. The van der Waals surface area contributed by atoms with Crippen LogP contribution in [0.5, 0.6) is 11.5 Å². The normalized spacial score (nSPS) is 22.4. The minimum Gasteiger partial charge on any atom is -0.497 e. The summed E-state index contributed by atoms with van der Waals surface area (Å²) in [5.41, 5.74) is 9.44. The van der Waals surface area contributed by atoms with E-state index >= 15 is 0 Å². The number of hydrazine groups is 1. The number of ether oxygens (including phenoxy) is 2. The van der Waals surface area contributed by atoms with Crippen molar-refractivity contribution in [3.05, 3.63) is 59.7 Å². The second kappa shape index (κ2) is 11.1. The molecule has 0 aromatic heterocycles. The molecule has 0 amide bonds. The van der Waals surface area contributed by atoms with Gasteiger partial charge in [-0.3, -0.25) is 10.3 Å². The average Bonchev–Trinajstić information content (AvgIpc) is 3.28. The number of hydrogen-bond acceptors (Lipinski definition) is 6. The maximum atomic E-state index is 5.66. The molecule has 2 aliphatic heterocycles. The Morgan fingerprint density at radius 3 is 2.50 bits per heavy atom. The van der Waals surface area contributed by atoms with Gasteiger partial charge in [-0.2, -0.15) is 0 Å². The van der Waals surface area contributed by atoms with Crippen molar-refractivity contribution in [3.63, 3.8) is 0 Å². The zero-order valence-corrected chi connectivity index (χ0v) is 19.7. The first-order valence-corrected chi connectivity index (χ1v) is 11.8. The lowest BCUT2D eigenvalue weighted by atomic mass is 9.92. The van der Waals surface area contributed by atoms with E-state index in [0.29, 0.717) is 5.92 Å². The molecule has 0 spiro atoms. The van der Waals surface area contributed by atoms with Gasteiger partial charge in [0.15, 0.2) is 0 Å². The van der Waals surface area contributed by atoms with E-state index in [9.17, 15) is 0 Å². The molecule has 2 unspecified atom stereocenters. The van der Waals surface area contributed by atoms with E-state index in [1.165, 1.54) is 43.6 Å². The second-order valence-corrected chi connectivity index (χ2v) is 9.30. The van der Waals surface area contributed by atoms with Crippen molar-refractivity contribution in [2.75, 3.05) is 54.0 Å². The zero-order valence-electron chi connectivity index (χ0n) is 19.7. The fourth-order valence-corrected chi connectivity index (χ4v) is 5.20. The van der Waals surface area contributed by atoms with Gasteiger partial charge in [0.1, 0.15) is 11.5 Å². The van der Waals surface area contributed by atoms with E-state index < -0.39 is 0 Å². The van der Waals surface area contributed by atoms with E-state index in [1.807, 2.05) is 12.1 Å². The Kier molecular flexibility index (Phi) is 8.03. The maximum absolute atomic E-state index is 5.66. The summed E-state index contributed by atoms with van der Waals surface area (Å²) in [6.07, 6.45) is 2.57. The minimum absolute atomic E-state index is 0.228. The van der Waals surface area contributed by atoms with Crippen molar-refractivity contribution in [2.45, 2.75) is 25.4 Å². The first-order chi connectivity index (χ1) is 15.7. The van der Waals surface area contributed by atoms with E-state index in [2.05, 4.69) is 64.1 Å². The number of nitrogens with one attached hydrogen (secondary N) is 2. The first-order valence-electron chi connectivity index (χ1n) is 11.8.